The first-order valence-electron chi connectivity index (χ1n) is 7.06. The lowest BCUT2D eigenvalue weighted by Gasteiger charge is -2.19. The average molecular weight is 341 g/mol. The Bertz CT molecular complexity index is 808. The minimum Gasteiger partial charge on any atom is -0.482 e. The first-order chi connectivity index (χ1) is 10.9. The molecule has 0 spiro atoms. The molecule has 0 amide bonds. The van der Waals surface area contributed by atoms with Crippen LogP contribution in [0.1, 0.15) is 25.1 Å². The van der Waals surface area contributed by atoms with Crippen molar-refractivity contribution >= 4 is 10.0 Å². The van der Waals surface area contributed by atoms with Gasteiger partial charge in [0.25, 0.3) is 0 Å². The van der Waals surface area contributed by atoms with Crippen LogP contribution in [-0.4, -0.2) is 29.9 Å². The molecule has 9 heteroatoms. The number of nitrogens with one attached hydrogen (secondary N) is 1. The highest BCUT2D eigenvalue weighted by Crippen LogP contribution is 2.24. The zero-order chi connectivity index (χ0) is 16.5. The quantitative estimate of drug-likeness (QED) is 0.884. The van der Waals surface area contributed by atoms with Crippen LogP contribution in [-0.2, 0) is 23.1 Å². The molecule has 1 atom stereocenters. The van der Waals surface area contributed by atoms with E-state index < -0.39 is 21.4 Å². The molecule has 1 aliphatic heterocycles. The van der Waals surface area contributed by atoms with Gasteiger partial charge in [-0.25, -0.2) is 17.5 Å². The Labute approximate surface area is 132 Å². The van der Waals surface area contributed by atoms with E-state index in [1.54, 1.807) is 19.1 Å². The van der Waals surface area contributed by atoms with Gasteiger partial charge in [-0.2, -0.15) is 4.98 Å². The van der Waals surface area contributed by atoms with Gasteiger partial charge in [0.1, 0.15) is 0 Å². The van der Waals surface area contributed by atoms with E-state index in [4.69, 9.17) is 9.26 Å². The lowest BCUT2D eigenvalue weighted by Crippen LogP contribution is -2.40. The summed E-state index contributed by atoms with van der Waals surface area (Å²) in [7, 11) is -3.22. The molecule has 0 aliphatic carbocycles. The van der Waals surface area contributed by atoms with Crippen LogP contribution in [0, 0.1) is 5.82 Å². The monoisotopic (exact) mass is 341 g/mol. The Hall–Kier alpha value is -2.00. The SMILES string of the molecule is CC1(Cc2nc(COc3ccccc3F)no2)CCS(=O)(=O)N1. The second-order valence-electron chi connectivity index (χ2n) is 5.73. The Morgan fingerprint density at radius 2 is 2.22 bits per heavy atom. The van der Waals surface area contributed by atoms with E-state index in [9.17, 15) is 12.8 Å². The zero-order valence-corrected chi connectivity index (χ0v) is 13.3. The summed E-state index contributed by atoms with van der Waals surface area (Å²) in [5.74, 6) is 0.302. The molecule has 1 fully saturated rings. The van der Waals surface area contributed by atoms with E-state index in [0.717, 1.165) is 0 Å². The molecule has 1 aromatic carbocycles. The normalized spacial score (nSPS) is 23.0. The maximum atomic E-state index is 13.4. The summed E-state index contributed by atoms with van der Waals surface area (Å²) < 4.78 is 49.4. The standard InChI is InChI=1S/C14H16FN3O4S/c1-14(6-7-23(19,20)18-14)8-13-16-12(17-22-13)9-21-11-5-3-2-4-10(11)15/h2-5,18H,6-9H2,1H3. The van der Waals surface area contributed by atoms with Gasteiger partial charge in [-0.1, -0.05) is 17.3 Å². The molecule has 3 rings (SSSR count). The van der Waals surface area contributed by atoms with Gasteiger partial charge in [0.05, 0.1) is 5.75 Å². The average Bonchev–Trinajstić information content (AvgIpc) is 3.02. The van der Waals surface area contributed by atoms with Crippen LogP contribution in [0.3, 0.4) is 0 Å². The van der Waals surface area contributed by atoms with Crippen molar-refractivity contribution in [3.63, 3.8) is 0 Å². The van der Waals surface area contributed by atoms with Crippen molar-refractivity contribution in [2.75, 3.05) is 5.75 Å². The molecule has 2 heterocycles. The summed E-state index contributed by atoms with van der Waals surface area (Å²) in [5.41, 5.74) is -0.630. The zero-order valence-electron chi connectivity index (χ0n) is 12.5. The summed E-state index contributed by atoms with van der Waals surface area (Å²) >= 11 is 0. The Balaban J connectivity index is 1.61. The van der Waals surface area contributed by atoms with Gasteiger partial charge in [-0.15, -0.1) is 0 Å². The molecule has 7 nitrogen and oxygen atoms in total. The Kier molecular flexibility index (Phi) is 4.07. The largest absolute Gasteiger partial charge is 0.482 e. The number of rotatable bonds is 5. The third-order valence-corrected chi connectivity index (χ3v) is 5.11. The van der Waals surface area contributed by atoms with E-state index in [-0.39, 0.29) is 23.9 Å². The van der Waals surface area contributed by atoms with Crippen LogP contribution < -0.4 is 9.46 Å². The van der Waals surface area contributed by atoms with Crippen LogP contribution in [0.15, 0.2) is 28.8 Å². The van der Waals surface area contributed by atoms with Crippen LogP contribution >= 0.6 is 0 Å². The maximum absolute atomic E-state index is 13.4. The highest BCUT2D eigenvalue weighted by atomic mass is 32.2. The fourth-order valence-corrected chi connectivity index (χ4v) is 4.17. The van der Waals surface area contributed by atoms with Crippen LogP contribution in [0.2, 0.25) is 0 Å². The number of aromatic nitrogens is 2. The van der Waals surface area contributed by atoms with E-state index in [1.165, 1.54) is 12.1 Å². The Morgan fingerprint density at radius 1 is 1.43 bits per heavy atom. The molecule has 2 aromatic rings. The molecule has 0 saturated carbocycles. The minimum absolute atomic E-state index is 0.0348. The van der Waals surface area contributed by atoms with Crippen molar-refractivity contribution in [3.05, 3.63) is 41.8 Å². The molecular weight excluding hydrogens is 325 g/mol. The number of ether oxygens (including phenoxy) is 1. The number of hydrogen-bond donors (Lipinski definition) is 1. The number of sulfonamides is 1. The van der Waals surface area contributed by atoms with Crippen molar-refractivity contribution in [1.82, 2.24) is 14.9 Å². The van der Waals surface area contributed by atoms with E-state index >= 15 is 0 Å². The van der Waals surface area contributed by atoms with Gasteiger partial charge in [-0.05, 0) is 25.5 Å². The molecule has 0 radical (unpaired) electrons. The molecule has 1 saturated heterocycles. The first kappa shape index (κ1) is 15.9. The molecule has 124 valence electrons. The van der Waals surface area contributed by atoms with Crippen LogP contribution in [0.4, 0.5) is 4.39 Å². The van der Waals surface area contributed by atoms with Gasteiger partial charge < -0.3 is 9.26 Å². The van der Waals surface area contributed by atoms with Crippen LogP contribution in [0.5, 0.6) is 5.75 Å². The van der Waals surface area contributed by atoms with Gasteiger partial charge >= 0.3 is 0 Å². The predicted molar refractivity (Wildman–Crippen MR) is 78.7 cm³/mol. The van der Waals surface area contributed by atoms with Gasteiger partial charge in [0.15, 0.2) is 18.2 Å². The third kappa shape index (κ3) is 3.85. The minimum atomic E-state index is -3.22. The summed E-state index contributed by atoms with van der Waals surface area (Å²) in [6.07, 6.45) is 0.762. The van der Waals surface area contributed by atoms with Crippen molar-refractivity contribution < 1.29 is 22.1 Å². The summed E-state index contributed by atoms with van der Waals surface area (Å²) in [6, 6.07) is 6.03. The molecule has 1 aromatic heterocycles. The fourth-order valence-electron chi connectivity index (χ4n) is 2.42. The second-order valence-corrected chi connectivity index (χ2v) is 7.57. The van der Waals surface area contributed by atoms with E-state index in [0.29, 0.717) is 18.7 Å². The number of hydrogen-bond acceptors (Lipinski definition) is 6. The number of nitrogens with zero attached hydrogens (tertiary/aromatic N) is 2. The fraction of sp³-hybridized carbons (Fsp3) is 0.429. The number of para-hydroxylation sites is 1. The van der Waals surface area contributed by atoms with E-state index in [2.05, 4.69) is 14.9 Å². The summed E-state index contributed by atoms with van der Waals surface area (Å²) in [5, 5.41) is 3.76. The maximum Gasteiger partial charge on any atom is 0.228 e. The third-order valence-electron chi connectivity index (χ3n) is 3.57. The van der Waals surface area contributed by atoms with Crippen molar-refractivity contribution in [2.24, 2.45) is 0 Å². The molecule has 1 unspecified atom stereocenters. The molecular formula is C14H16FN3O4S. The lowest BCUT2D eigenvalue weighted by molar-refractivity contribution is 0.271. The first-order valence-corrected chi connectivity index (χ1v) is 8.71. The molecule has 1 N–H and O–H groups in total. The molecule has 0 bridgehead atoms. The topological polar surface area (TPSA) is 94.3 Å². The van der Waals surface area contributed by atoms with Gasteiger partial charge in [0, 0.05) is 12.0 Å². The summed E-state index contributed by atoms with van der Waals surface area (Å²) in [4.78, 5) is 4.15. The van der Waals surface area contributed by atoms with Crippen molar-refractivity contribution in [1.29, 1.82) is 0 Å². The second kappa shape index (κ2) is 5.89. The predicted octanol–water partition coefficient (Wildman–Crippen LogP) is 1.41. The highest BCUT2D eigenvalue weighted by Gasteiger charge is 2.38. The molecule has 23 heavy (non-hydrogen) atoms. The van der Waals surface area contributed by atoms with Crippen molar-refractivity contribution in [2.45, 2.75) is 31.9 Å². The van der Waals surface area contributed by atoms with Gasteiger partial charge in [0.2, 0.25) is 21.7 Å². The Morgan fingerprint density at radius 3 is 2.91 bits per heavy atom. The van der Waals surface area contributed by atoms with Crippen LogP contribution in [0.25, 0.3) is 0 Å². The number of halogens is 1. The molecule has 1 aliphatic rings. The van der Waals surface area contributed by atoms with E-state index in [1.807, 2.05) is 0 Å². The lowest BCUT2D eigenvalue weighted by atomic mass is 9.96. The number of benzene rings is 1. The van der Waals surface area contributed by atoms with Gasteiger partial charge in [-0.3, -0.25) is 0 Å². The summed E-state index contributed by atoms with van der Waals surface area (Å²) in [6.45, 7) is 1.75. The smallest absolute Gasteiger partial charge is 0.228 e. The van der Waals surface area contributed by atoms with Crippen molar-refractivity contribution in [3.8, 4) is 5.75 Å². The highest BCUT2D eigenvalue weighted by molar-refractivity contribution is 7.89.